The summed E-state index contributed by atoms with van der Waals surface area (Å²) in [6.07, 6.45) is 3.29. The molecule has 18 heavy (non-hydrogen) atoms. The van der Waals surface area contributed by atoms with E-state index in [9.17, 15) is 9.59 Å². The molecule has 1 aromatic heterocycles. The van der Waals surface area contributed by atoms with E-state index in [-0.39, 0.29) is 19.0 Å². The highest BCUT2D eigenvalue weighted by Gasteiger charge is 2.12. The molecule has 0 aromatic carbocycles. The van der Waals surface area contributed by atoms with E-state index in [1.54, 1.807) is 18.5 Å². The van der Waals surface area contributed by atoms with Gasteiger partial charge in [0.2, 0.25) is 0 Å². The molecule has 6 nitrogen and oxygen atoms in total. The van der Waals surface area contributed by atoms with Gasteiger partial charge in [0.15, 0.2) is 0 Å². The number of amides is 2. The Balaban J connectivity index is 2.40. The van der Waals surface area contributed by atoms with Crippen LogP contribution in [0, 0.1) is 0 Å². The topological polar surface area (TPSA) is 82.5 Å². The van der Waals surface area contributed by atoms with E-state index in [4.69, 9.17) is 5.11 Å². The van der Waals surface area contributed by atoms with Crippen LogP contribution in [-0.4, -0.2) is 40.1 Å². The minimum Gasteiger partial charge on any atom is -0.481 e. The summed E-state index contributed by atoms with van der Waals surface area (Å²) in [6.45, 7) is 2.89. The smallest absolute Gasteiger partial charge is 0.317 e. The fourth-order valence-electron chi connectivity index (χ4n) is 1.43. The molecule has 0 bridgehead atoms. The van der Waals surface area contributed by atoms with Crippen molar-refractivity contribution in [1.82, 2.24) is 15.2 Å². The Hall–Kier alpha value is -2.11. The number of nitrogens with zero attached hydrogens (tertiary/aromatic N) is 2. The molecule has 0 spiro atoms. The summed E-state index contributed by atoms with van der Waals surface area (Å²) in [5.41, 5.74) is 0.903. The van der Waals surface area contributed by atoms with Gasteiger partial charge < -0.3 is 15.3 Å². The average Bonchev–Trinajstić information content (AvgIpc) is 2.38. The van der Waals surface area contributed by atoms with Gasteiger partial charge in [-0.15, -0.1) is 0 Å². The van der Waals surface area contributed by atoms with Crippen LogP contribution < -0.4 is 5.32 Å². The first-order valence-corrected chi connectivity index (χ1v) is 5.77. The zero-order valence-corrected chi connectivity index (χ0v) is 10.3. The fourth-order valence-corrected chi connectivity index (χ4v) is 1.43. The van der Waals surface area contributed by atoms with Crippen LogP contribution in [0.1, 0.15) is 18.9 Å². The van der Waals surface area contributed by atoms with E-state index in [0.29, 0.717) is 13.1 Å². The predicted molar refractivity (Wildman–Crippen MR) is 66.0 cm³/mol. The Morgan fingerprint density at radius 3 is 2.83 bits per heavy atom. The summed E-state index contributed by atoms with van der Waals surface area (Å²) in [7, 11) is 0. The summed E-state index contributed by atoms with van der Waals surface area (Å²) in [5, 5.41) is 11.3. The quantitative estimate of drug-likeness (QED) is 0.792. The molecule has 98 valence electrons. The van der Waals surface area contributed by atoms with Crippen LogP contribution >= 0.6 is 0 Å². The first-order chi connectivity index (χ1) is 8.63. The minimum atomic E-state index is -0.909. The van der Waals surface area contributed by atoms with Gasteiger partial charge in [0.1, 0.15) is 0 Å². The van der Waals surface area contributed by atoms with Crippen molar-refractivity contribution in [3.05, 3.63) is 30.1 Å². The van der Waals surface area contributed by atoms with Crippen molar-refractivity contribution in [2.24, 2.45) is 0 Å². The number of hydrogen-bond donors (Lipinski definition) is 2. The summed E-state index contributed by atoms with van der Waals surface area (Å²) >= 11 is 0. The number of nitrogens with one attached hydrogen (secondary N) is 1. The highest BCUT2D eigenvalue weighted by molar-refractivity contribution is 5.75. The normalized spacial score (nSPS) is 9.83. The maximum atomic E-state index is 11.8. The van der Waals surface area contributed by atoms with E-state index in [1.807, 2.05) is 13.0 Å². The number of rotatable bonds is 6. The molecule has 0 aliphatic rings. The SMILES string of the molecule is CCN(CCC(=O)O)C(=O)NCc1cccnc1. The van der Waals surface area contributed by atoms with Crippen molar-refractivity contribution in [3.8, 4) is 0 Å². The highest BCUT2D eigenvalue weighted by Crippen LogP contribution is 1.97. The molecule has 0 unspecified atom stereocenters. The molecule has 6 heteroatoms. The summed E-state index contributed by atoms with van der Waals surface area (Å²) in [6, 6.07) is 3.40. The standard InChI is InChI=1S/C12H17N3O3/c1-2-15(7-5-11(16)17)12(18)14-9-10-4-3-6-13-8-10/h3-4,6,8H,2,5,7,9H2,1H3,(H,14,18)(H,16,17). The third-order valence-electron chi connectivity index (χ3n) is 2.43. The number of pyridine rings is 1. The van der Waals surface area contributed by atoms with Crippen molar-refractivity contribution in [2.45, 2.75) is 19.9 Å². The van der Waals surface area contributed by atoms with Crippen molar-refractivity contribution >= 4 is 12.0 Å². The summed E-state index contributed by atoms with van der Waals surface area (Å²) in [4.78, 5) is 27.6. The Morgan fingerprint density at radius 1 is 1.50 bits per heavy atom. The van der Waals surface area contributed by atoms with Crippen molar-refractivity contribution in [1.29, 1.82) is 0 Å². The molecule has 1 heterocycles. The molecule has 0 saturated heterocycles. The summed E-state index contributed by atoms with van der Waals surface area (Å²) < 4.78 is 0. The summed E-state index contributed by atoms with van der Waals surface area (Å²) in [5.74, 6) is -0.909. The Bertz CT molecular complexity index is 395. The van der Waals surface area contributed by atoms with Crippen LogP contribution in [0.2, 0.25) is 0 Å². The highest BCUT2D eigenvalue weighted by atomic mass is 16.4. The van der Waals surface area contributed by atoms with Gasteiger partial charge in [-0.05, 0) is 18.6 Å². The molecule has 2 amide bonds. The van der Waals surface area contributed by atoms with E-state index in [2.05, 4.69) is 10.3 Å². The number of carboxylic acids is 1. The van der Waals surface area contributed by atoms with E-state index in [1.165, 1.54) is 4.90 Å². The monoisotopic (exact) mass is 251 g/mol. The molecule has 0 fully saturated rings. The first kappa shape index (κ1) is 14.0. The van der Waals surface area contributed by atoms with Gasteiger partial charge in [-0.2, -0.15) is 0 Å². The number of carboxylic acid groups (broad SMARTS) is 1. The van der Waals surface area contributed by atoms with E-state index < -0.39 is 5.97 Å². The molecule has 0 aliphatic carbocycles. The number of carbonyl (C=O) groups is 2. The molecular formula is C12H17N3O3. The molecule has 0 saturated carbocycles. The van der Waals surface area contributed by atoms with E-state index in [0.717, 1.165) is 5.56 Å². The average molecular weight is 251 g/mol. The lowest BCUT2D eigenvalue weighted by Gasteiger charge is -2.20. The first-order valence-electron chi connectivity index (χ1n) is 5.77. The zero-order chi connectivity index (χ0) is 13.4. The second-order valence-corrected chi connectivity index (χ2v) is 3.74. The molecule has 0 aliphatic heterocycles. The van der Waals surface area contributed by atoms with Crippen LogP contribution in [0.4, 0.5) is 4.79 Å². The molecule has 1 rings (SSSR count). The maximum absolute atomic E-state index is 11.8. The predicted octanol–water partition coefficient (Wildman–Crippen LogP) is 1.09. The Kier molecular flexibility index (Phi) is 5.63. The second kappa shape index (κ2) is 7.26. The largest absolute Gasteiger partial charge is 0.481 e. The molecule has 0 radical (unpaired) electrons. The third kappa shape index (κ3) is 4.82. The lowest BCUT2D eigenvalue weighted by Crippen LogP contribution is -2.40. The minimum absolute atomic E-state index is 0.0475. The van der Waals surface area contributed by atoms with Gasteiger partial charge in [-0.25, -0.2) is 4.79 Å². The van der Waals surface area contributed by atoms with Crippen LogP contribution in [0.25, 0.3) is 0 Å². The Labute approximate surface area is 106 Å². The number of urea groups is 1. The Morgan fingerprint density at radius 2 is 2.28 bits per heavy atom. The van der Waals surface area contributed by atoms with Gasteiger partial charge >= 0.3 is 12.0 Å². The third-order valence-corrected chi connectivity index (χ3v) is 2.43. The van der Waals surface area contributed by atoms with Gasteiger partial charge in [-0.1, -0.05) is 6.07 Å². The second-order valence-electron chi connectivity index (χ2n) is 3.74. The van der Waals surface area contributed by atoms with Crippen LogP contribution in [0.5, 0.6) is 0 Å². The van der Waals surface area contributed by atoms with Crippen molar-refractivity contribution in [3.63, 3.8) is 0 Å². The molecule has 0 atom stereocenters. The number of aliphatic carboxylic acids is 1. The van der Waals surface area contributed by atoms with Gasteiger partial charge in [-0.3, -0.25) is 9.78 Å². The van der Waals surface area contributed by atoms with Gasteiger partial charge in [0.25, 0.3) is 0 Å². The van der Waals surface area contributed by atoms with Gasteiger partial charge in [0.05, 0.1) is 6.42 Å². The van der Waals surface area contributed by atoms with Gasteiger partial charge in [0, 0.05) is 32.0 Å². The molecular weight excluding hydrogens is 234 g/mol. The zero-order valence-electron chi connectivity index (χ0n) is 10.3. The van der Waals surface area contributed by atoms with Crippen LogP contribution in [-0.2, 0) is 11.3 Å². The van der Waals surface area contributed by atoms with Crippen molar-refractivity contribution < 1.29 is 14.7 Å². The number of hydrogen-bond acceptors (Lipinski definition) is 3. The lowest BCUT2D eigenvalue weighted by atomic mass is 10.3. The van der Waals surface area contributed by atoms with Crippen molar-refractivity contribution in [2.75, 3.05) is 13.1 Å². The number of aromatic nitrogens is 1. The molecule has 2 N–H and O–H groups in total. The molecule has 1 aromatic rings. The van der Waals surface area contributed by atoms with Crippen LogP contribution in [0.3, 0.4) is 0 Å². The fraction of sp³-hybridized carbons (Fsp3) is 0.417. The number of carbonyl (C=O) groups excluding carboxylic acids is 1. The maximum Gasteiger partial charge on any atom is 0.317 e. The van der Waals surface area contributed by atoms with Crippen LogP contribution in [0.15, 0.2) is 24.5 Å². The van der Waals surface area contributed by atoms with E-state index >= 15 is 0 Å². The lowest BCUT2D eigenvalue weighted by molar-refractivity contribution is -0.137.